The zero-order valence-electron chi connectivity index (χ0n) is 19.8. The predicted molar refractivity (Wildman–Crippen MR) is 117 cm³/mol. The zero-order chi connectivity index (χ0) is 19.8. The summed E-state index contributed by atoms with van der Waals surface area (Å²) in [4.78, 5) is 0. The first-order valence-corrected chi connectivity index (χ1v) is 11.4. The van der Waals surface area contributed by atoms with Crippen LogP contribution >= 0.6 is 0 Å². The lowest BCUT2D eigenvalue weighted by molar-refractivity contribution is -0.0715. The number of rotatable bonds is 13. The van der Waals surface area contributed by atoms with Crippen LogP contribution in [0, 0.1) is 21.7 Å². The molecule has 0 heterocycles. The molecule has 152 valence electrons. The molecule has 0 rings (SSSR count). The number of hydrogen-bond acceptors (Lipinski definition) is 0. The molecular weight excluding hydrogens is 300 g/mol. The molecule has 0 amide bonds. The molecule has 0 aromatic heterocycles. The van der Waals surface area contributed by atoms with Crippen LogP contribution < -0.4 is 0 Å². The summed E-state index contributed by atoms with van der Waals surface area (Å²) in [6.45, 7) is 24.7. The Hall–Kier alpha value is 0. The Morgan fingerprint density at radius 2 is 1.00 bits per heavy atom. The number of unbranched alkanes of at least 4 members (excludes halogenated alkanes) is 3. The second-order valence-electron chi connectivity index (χ2n) is 11.1. The third-order valence-corrected chi connectivity index (χ3v) is 7.70. The molecule has 2 unspecified atom stereocenters. The van der Waals surface area contributed by atoms with Gasteiger partial charge in [-0.1, -0.05) is 114 Å². The van der Waals surface area contributed by atoms with Crippen molar-refractivity contribution in [3.8, 4) is 0 Å². The highest BCUT2D eigenvalue weighted by Gasteiger charge is 2.51. The standard InChI is InChI=1S/C25H52/c1-11-14-19-23(7,8)25(10,21-17-16-18-22(4,5)6)24(9,13-3)20-15-12-2/h11-21H2,1-10H3. The van der Waals surface area contributed by atoms with Gasteiger partial charge in [0.25, 0.3) is 0 Å². The normalized spacial score (nSPS) is 18.0. The van der Waals surface area contributed by atoms with Gasteiger partial charge in [-0.3, -0.25) is 0 Å². The first-order chi connectivity index (χ1) is 11.4. The van der Waals surface area contributed by atoms with Gasteiger partial charge in [0, 0.05) is 0 Å². The molecule has 0 saturated carbocycles. The van der Waals surface area contributed by atoms with E-state index in [9.17, 15) is 0 Å². The summed E-state index contributed by atoms with van der Waals surface area (Å²) < 4.78 is 0. The Kier molecular flexibility index (Phi) is 10.4. The molecule has 0 saturated heterocycles. The molecule has 0 N–H and O–H groups in total. The van der Waals surface area contributed by atoms with Crippen LogP contribution in [0.15, 0.2) is 0 Å². The zero-order valence-corrected chi connectivity index (χ0v) is 19.8. The van der Waals surface area contributed by atoms with Crippen LogP contribution in [0.2, 0.25) is 0 Å². The average molecular weight is 353 g/mol. The van der Waals surface area contributed by atoms with Gasteiger partial charge in [0.05, 0.1) is 0 Å². The predicted octanol–water partition coefficient (Wildman–Crippen LogP) is 9.42. The highest BCUT2D eigenvalue weighted by molar-refractivity contribution is 5.00. The van der Waals surface area contributed by atoms with E-state index in [-0.39, 0.29) is 0 Å². The fourth-order valence-corrected chi connectivity index (χ4v) is 4.90. The monoisotopic (exact) mass is 352 g/mol. The molecule has 0 spiro atoms. The van der Waals surface area contributed by atoms with Crippen LogP contribution in [0.4, 0.5) is 0 Å². The topological polar surface area (TPSA) is 0 Å². The fraction of sp³-hybridized carbons (Fsp3) is 1.00. The van der Waals surface area contributed by atoms with Crippen molar-refractivity contribution < 1.29 is 0 Å². The van der Waals surface area contributed by atoms with E-state index in [4.69, 9.17) is 0 Å². The molecule has 0 aliphatic rings. The second-order valence-corrected chi connectivity index (χ2v) is 11.1. The Morgan fingerprint density at radius 1 is 0.520 bits per heavy atom. The third kappa shape index (κ3) is 7.26. The number of hydrogen-bond donors (Lipinski definition) is 0. The Balaban J connectivity index is 5.40. The molecule has 0 radical (unpaired) electrons. The van der Waals surface area contributed by atoms with Crippen LogP contribution in [-0.4, -0.2) is 0 Å². The summed E-state index contributed by atoms with van der Waals surface area (Å²) in [7, 11) is 0. The smallest absolute Gasteiger partial charge is 0.0221 e. The lowest BCUT2D eigenvalue weighted by Crippen LogP contribution is -2.48. The van der Waals surface area contributed by atoms with Crippen LogP contribution in [-0.2, 0) is 0 Å². The molecule has 0 aromatic carbocycles. The van der Waals surface area contributed by atoms with Crippen molar-refractivity contribution in [2.75, 3.05) is 0 Å². The first-order valence-electron chi connectivity index (χ1n) is 11.4. The quantitative estimate of drug-likeness (QED) is 0.289. The van der Waals surface area contributed by atoms with E-state index >= 15 is 0 Å². The minimum absolute atomic E-state index is 0.420. The Labute approximate surface area is 161 Å². The lowest BCUT2D eigenvalue weighted by atomic mass is 9.48. The van der Waals surface area contributed by atoms with Crippen LogP contribution in [0.3, 0.4) is 0 Å². The summed E-state index contributed by atoms with van der Waals surface area (Å²) in [6.07, 6.45) is 15.0. The van der Waals surface area contributed by atoms with Gasteiger partial charge in [0.1, 0.15) is 0 Å². The molecule has 0 aromatic rings. The van der Waals surface area contributed by atoms with Gasteiger partial charge in [0.15, 0.2) is 0 Å². The summed E-state index contributed by atoms with van der Waals surface area (Å²) in [5.41, 5.74) is 1.78. The minimum Gasteiger partial charge on any atom is -0.0654 e. The van der Waals surface area contributed by atoms with E-state index < -0.39 is 0 Å². The molecular formula is C25H52. The van der Waals surface area contributed by atoms with Crippen LogP contribution in [0.1, 0.15) is 140 Å². The molecule has 0 aliphatic carbocycles. The highest BCUT2D eigenvalue weighted by atomic mass is 14.6. The maximum atomic E-state index is 2.65. The molecule has 2 atom stereocenters. The van der Waals surface area contributed by atoms with Gasteiger partial charge in [-0.2, -0.15) is 0 Å². The molecule has 25 heavy (non-hydrogen) atoms. The van der Waals surface area contributed by atoms with Crippen molar-refractivity contribution in [2.45, 2.75) is 140 Å². The molecule has 0 bridgehead atoms. The van der Waals surface area contributed by atoms with E-state index in [1.165, 1.54) is 70.6 Å². The Morgan fingerprint density at radius 3 is 1.44 bits per heavy atom. The maximum absolute atomic E-state index is 2.65. The van der Waals surface area contributed by atoms with E-state index in [0.29, 0.717) is 21.7 Å². The summed E-state index contributed by atoms with van der Waals surface area (Å²) in [5.74, 6) is 0. The molecule has 0 heteroatoms. The summed E-state index contributed by atoms with van der Waals surface area (Å²) in [6, 6.07) is 0. The van der Waals surface area contributed by atoms with Crippen molar-refractivity contribution in [1.29, 1.82) is 0 Å². The van der Waals surface area contributed by atoms with Gasteiger partial charge in [-0.05, 0) is 47.3 Å². The third-order valence-electron chi connectivity index (χ3n) is 7.70. The van der Waals surface area contributed by atoms with Crippen LogP contribution in [0.5, 0.6) is 0 Å². The van der Waals surface area contributed by atoms with Crippen molar-refractivity contribution in [3.05, 3.63) is 0 Å². The molecule has 0 aliphatic heterocycles. The largest absolute Gasteiger partial charge is 0.0654 e. The van der Waals surface area contributed by atoms with Gasteiger partial charge in [-0.25, -0.2) is 0 Å². The van der Waals surface area contributed by atoms with Crippen molar-refractivity contribution in [3.63, 3.8) is 0 Å². The van der Waals surface area contributed by atoms with Crippen LogP contribution in [0.25, 0.3) is 0 Å². The average Bonchev–Trinajstić information content (AvgIpc) is 2.53. The van der Waals surface area contributed by atoms with E-state index in [1.807, 2.05) is 0 Å². The molecule has 0 nitrogen and oxygen atoms in total. The highest BCUT2D eigenvalue weighted by Crippen LogP contribution is 2.60. The maximum Gasteiger partial charge on any atom is -0.0221 e. The van der Waals surface area contributed by atoms with Gasteiger partial charge >= 0.3 is 0 Å². The fourth-order valence-electron chi connectivity index (χ4n) is 4.90. The van der Waals surface area contributed by atoms with E-state index in [1.54, 1.807) is 0 Å². The summed E-state index contributed by atoms with van der Waals surface area (Å²) in [5, 5.41) is 0. The SMILES string of the molecule is CCCCC(C)(C)C(C)(CCCCC(C)(C)C)C(C)(CC)CCCC. The lowest BCUT2D eigenvalue weighted by Gasteiger charge is -2.57. The summed E-state index contributed by atoms with van der Waals surface area (Å²) >= 11 is 0. The van der Waals surface area contributed by atoms with E-state index in [0.717, 1.165) is 0 Å². The van der Waals surface area contributed by atoms with Gasteiger partial charge in [0.2, 0.25) is 0 Å². The van der Waals surface area contributed by atoms with E-state index in [2.05, 4.69) is 69.2 Å². The van der Waals surface area contributed by atoms with Gasteiger partial charge < -0.3 is 0 Å². The Bertz CT molecular complexity index is 346. The van der Waals surface area contributed by atoms with Crippen molar-refractivity contribution in [1.82, 2.24) is 0 Å². The molecule has 0 fully saturated rings. The van der Waals surface area contributed by atoms with Crippen molar-refractivity contribution in [2.24, 2.45) is 21.7 Å². The van der Waals surface area contributed by atoms with Gasteiger partial charge in [-0.15, -0.1) is 0 Å². The first kappa shape index (κ1) is 25.0. The second kappa shape index (κ2) is 10.4. The minimum atomic E-state index is 0.420. The van der Waals surface area contributed by atoms with Crippen molar-refractivity contribution >= 4 is 0 Å².